The first-order valence-corrected chi connectivity index (χ1v) is 12.0. The highest BCUT2D eigenvalue weighted by atomic mass is 35.5. The number of halogens is 1. The van der Waals surface area contributed by atoms with E-state index in [1.807, 2.05) is 0 Å². The number of ether oxygens (including phenoxy) is 2. The molecule has 8 N–H and O–H groups in total. The summed E-state index contributed by atoms with van der Waals surface area (Å²) in [7, 11) is 0. The number of guanidine groups is 1. The Balaban J connectivity index is 1.70. The van der Waals surface area contributed by atoms with E-state index in [1.54, 1.807) is 18.1 Å². The zero-order valence-electron chi connectivity index (χ0n) is 17.5. The number of carbonyl (C=O) groups excluding carboxylic acids is 1. The van der Waals surface area contributed by atoms with Gasteiger partial charge in [-0.25, -0.2) is 0 Å². The number of rotatable bonds is 5. The number of thioether (sulfide) groups is 1. The van der Waals surface area contributed by atoms with Gasteiger partial charge in [-0.2, -0.15) is 0 Å². The molecule has 1 amide bonds. The first-order chi connectivity index (χ1) is 14.6. The number of carbonyl (C=O) groups is 1. The predicted octanol–water partition coefficient (Wildman–Crippen LogP) is -2.55. The van der Waals surface area contributed by atoms with Crippen LogP contribution in [0.25, 0.3) is 0 Å². The molecule has 13 heteroatoms. The van der Waals surface area contributed by atoms with E-state index in [-0.39, 0.29) is 17.8 Å². The van der Waals surface area contributed by atoms with Crippen LogP contribution < -0.4 is 16.4 Å². The molecule has 3 fully saturated rings. The monoisotopic (exact) mass is 481 g/mol. The van der Waals surface area contributed by atoms with Crippen molar-refractivity contribution in [2.75, 3.05) is 32.5 Å². The first kappa shape index (κ1) is 24.8. The average molecular weight is 482 g/mol. The third-order valence-electron chi connectivity index (χ3n) is 6.14. The molecule has 178 valence electrons. The van der Waals surface area contributed by atoms with Gasteiger partial charge in [-0.1, -0.05) is 0 Å². The molecule has 31 heavy (non-hydrogen) atoms. The van der Waals surface area contributed by atoms with Crippen molar-refractivity contribution in [3.8, 4) is 0 Å². The zero-order valence-corrected chi connectivity index (χ0v) is 19.1. The number of aliphatic hydroxyl groups excluding tert-OH is 3. The third-order valence-corrected chi connectivity index (χ3v) is 7.27. The van der Waals surface area contributed by atoms with Crippen LogP contribution in [0.2, 0.25) is 0 Å². The summed E-state index contributed by atoms with van der Waals surface area (Å²) in [4.78, 5) is 14.9. The summed E-state index contributed by atoms with van der Waals surface area (Å²) in [6.07, 6.45) is -3.81. The Hall–Kier alpha value is -0.860. The number of hydrogen-bond donors (Lipinski definition) is 7. The largest absolute Gasteiger partial charge is 0.388 e. The van der Waals surface area contributed by atoms with Crippen molar-refractivity contribution in [2.45, 2.75) is 60.3 Å². The normalized spacial score (nSPS) is 40.5. The van der Waals surface area contributed by atoms with E-state index in [9.17, 15) is 20.1 Å². The Morgan fingerprint density at radius 2 is 2.06 bits per heavy atom. The molecule has 3 saturated heterocycles. The quantitative estimate of drug-likeness (QED) is 0.126. The molecule has 2 unspecified atom stereocenters. The number of alkyl halides is 1. The van der Waals surface area contributed by atoms with Crippen LogP contribution in [0.4, 0.5) is 0 Å². The number of fused-ring (bicyclic) bond motifs is 1. The molecule has 0 aromatic rings. The van der Waals surface area contributed by atoms with E-state index in [2.05, 4.69) is 10.6 Å². The summed E-state index contributed by atoms with van der Waals surface area (Å²) in [5.41, 5.74) is 4.85. The van der Waals surface area contributed by atoms with Gasteiger partial charge in [0.2, 0.25) is 5.91 Å². The van der Waals surface area contributed by atoms with Gasteiger partial charge in [0, 0.05) is 25.6 Å². The summed E-state index contributed by atoms with van der Waals surface area (Å²) in [5.74, 6) is -0.414. The van der Waals surface area contributed by atoms with Gasteiger partial charge in [-0.3, -0.25) is 10.2 Å². The van der Waals surface area contributed by atoms with Crippen LogP contribution in [-0.2, 0) is 14.3 Å². The maximum Gasteiger partial charge on any atom is 0.240 e. The van der Waals surface area contributed by atoms with Crippen LogP contribution in [-0.4, -0.2) is 118 Å². The third kappa shape index (κ3) is 5.22. The number of nitrogens with zero attached hydrogens (tertiary/aromatic N) is 1. The molecule has 0 aromatic carbocycles. The van der Waals surface area contributed by atoms with Crippen LogP contribution in [0.15, 0.2) is 0 Å². The second-order valence-electron chi connectivity index (χ2n) is 8.20. The smallest absolute Gasteiger partial charge is 0.240 e. The van der Waals surface area contributed by atoms with E-state index in [4.69, 9.17) is 32.2 Å². The van der Waals surface area contributed by atoms with Gasteiger partial charge in [-0.15, -0.1) is 23.4 Å². The first-order valence-electron chi connectivity index (χ1n) is 10.3. The minimum Gasteiger partial charge on any atom is -0.388 e. The van der Waals surface area contributed by atoms with Crippen molar-refractivity contribution >= 4 is 35.2 Å². The fraction of sp³-hybridized carbons (Fsp3) is 0.889. The van der Waals surface area contributed by atoms with Crippen molar-refractivity contribution < 1.29 is 29.6 Å². The molecule has 3 aliphatic rings. The molecule has 3 aliphatic heterocycles. The summed E-state index contributed by atoms with van der Waals surface area (Å²) in [6, 6.07) is -1.47. The van der Waals surface area contributed by atoms with Crippen molar-refractivity contribution in [1.82, 2.24) is 15.5 Å². The number of aliphatic hydroxyl groups is 3. The Morgan fingerprint density at radius 3 is 2.68 bits per heavy atom. The summed E-state index contributed by atoms with van der Waals surface area (Å²) in [5, 5.41) is 43.9. The van der Waals surface area contributed by atoms with Crippen molar-refractivity contribution in [3.63, 3.8) is 0 Å². The molecule has 10 atom stereocenters. The number of hydrogen-bond acceptors (Lipinski definition) is 9. The molecule has 0 bridgehead atoms. The maximum atomic E-state index is 13.1. The standard InChI is InChI=1S/C18H32ClN5O6S/c1-7(19)9(15-12(26)11(25)13(27)17(30-15)31-2)23-16(28)10-14-8(5-22-10)6-24(18(20)21)3-4-29-14/h7-15,17,22,25-27H,3-6H2,1-2H3,(H3,20,21)(H,23,28)/t7-,8+,9+,10-,11?,12-,13+,14+,15+,17?/m0/s1. The summed E-state index contributed by atoms with van der Waals surface area (Å²) >= 11 is 7.53. The average Bonchev–Trinajstić information content (AvgIpc) is 3.00. The number of amides is 1. The molecule has 0 radical (unpaired) electrons. The minimum atomic E-state index is -1.43. The molecule has 0 spiro atoms. The molecular formula is C18H32ClN5O6S. The van der Waals surface area contributed by atoms with Crippen LogP contribution in [0.3, 0.4) is 0 Å². The molecule has 3 rings (SSSR count). The highest BCUT2D eigenvalue weighted by molar-refractivity contribution is 7.99. The van der Waals surface area contributed by atoms with E-state index in [0.29, 0.717) is 26.2 Å². The van der Waals surface area contributed by atoms with Crippen LogP contribution in [0, 0.1) is 11.3 Å². The van der Waals surface area contributed by atoms with Crippen LogP contribution in [0.5, 0.6) is 0 Å². The lowest BCUT2D eigenvalue weighted by Gasteiger charge is -2.44. The fourth-order valence-corrected chi connectivity index (χ4v) is 5.28. The topological polar surface area (TPSA) is 173 Å². The fourth-order valence-electron chi connectivity index (χ4n) is 4.40. The van der Waals surface area contributed by atoms with Crippen molar-refractivity contribution in [3.05, 3.63) is 0 Å². The number of nitrogens with one attached hydrogen (secondary N) is 3. The lowest BCUT2D eigenvalue weighted by molar-refractivity contribution is -0.205. The Morgan fingerprint density at radius 1 is 1.35 bits per heavy atom. The van der Waals surface area contributed by atoms with Gasteiger partial charge in [0.25, 0.3) is 0 Å². The van der Waals surface area contributed by atoms with Gasteiger partial charge in [0.1, 0.15) is 35.9 Å². The minimum absolute atomic E-state index is 0.0246. The molecule has 11 nitrogen and oxygen atoms in total. The molecule has 0 saturated carbocycles. The van der Waals surface area contributed by atoms with Crippen LogP contribution in [0.1, 0.15) is 6.92 Å². The highest BCUT2D eigenvalue weighted by Gasteiger charge is 2.49. The van der Waals surface area contributed by atoms with Gasteiger partial charge >= 0.3 is 0 Å². The van der Waals surface area contributed by atoms with E-state index in [1.165, 1.54) is 11.8 Å². The van der Waals surface area contributed by atoms with E-state index in [0.717, 1.165) is 0 Å². The Bertz CT molecular complexity index is 661. The second-order valence-corrected chi connectivity index (χ2v) is 9.83. The molecular weight excluding hydrogens is 450 g/mol. The van der Waals surface area contributed by atoms with Crippen LogP contribution >= 0.6 is 23.4 Å². The maximum absolute atomic E-state index is 13.1. The van der Waals surface area contributed by atoms with Crippen molar-refractivity contribution in [1.29, 1.82) is 5.41 Å². The SMILES string of the molecule is CSC1O[C@H]([C@H](NC(=O)[C@H]2NC[C@@H]3CN(C(=N)N)CCO[C@H]32)[C@H](C)Cl)[C@@H](O)C(O)[C@H]1O. The molecule has 3 heterocycles. The molecule has 0 aliphatic carbocycles. The molecule has 0 aromatic heterocycles. The van der Waals surface area contributed by atoms with Crippen molar-refractivity contribution in [2.24, 2.45) is 11.7 Å². The summed E-state index contributed by atoms with van der Waals surface area (Å²) in [6.45, 7) is 3.51. The van der Waals surface area contributed by atoms with Gasteiger partial charge in [-0.05, 0) is 13.2 Å². The number of nitrogens with two attached hydrogens (primary N) is 1. The van der Waals surface area contributed by atoms with Gasteiger partial charge < -0.3 is 46.1 Å². The van der Waals surface area contributed by atoms with E-state index < -0.39 is 53.4 Å². The van der Waals surface area contributed by atoms with E-state index >= 15 is 0 Å². The zero-order chi connectivity index (χ0) is 22.9. The lowest BCUT2D eigenvalue weighted by atomic mass is 9.92. The highest BCUT2D eigenvalue weighted by Crippen LogP contribution is 2.30. The second kappa shape index (κ2) is 10.4. The summed E-state index contributed by atoms with van der Waals surface area (Å²) < 4.78 is 11.7. The van der Waals surface area contributed by atoms with Gasteiger partial charge in [0.05, 0.1) is 24.1 Å². The lowest BCUT2D eigenvalue weighted by Crippen LogP contribution is -2.65. The Kier molecular flexibility index (Phi) is 8.30. The Labute approximate surface area is 190 Å². The van der Waals surface area contributed by atoms with Gasteiger partial charge in [0.15, 0.2) is 5.96 Å². The predicted molar refractivity (Wildman–Crippen MR) is 116 cm³/mol.